The van der Waals surface area contributed by atoms with Gasteiger partial charge in [0.15, 0.2) is 0 Å². The highest BCUT2D eigenvalue weighted by Crippen LogP contribution is 2.18. The van der Waals surface area contributed by atoms with Gasteiger partial charge in [-0.3, -0.25) is 0 Å². The molecule has 0 saturated carbocycles. The zero-order valence-electron chi connectivity index (χ0n) is 11.2. The largest absolute Gasteiger partial charge is 0.379 e. The zero-order valence-corrected chi connectivity index (χ0v) is 11.2. The Morgan fingerprint density at radius 3 is 3.00 bits per heavy atom. The van der Waals surface area contributed by atoms with Gasteiger partial charge in [0.2, 0.25) is 5.82 Å². The van der Waals surface area contributed by atoms with E-state index in [1.807, 2.05) is 24.3 Å². The number of anilines is 1. The first-order valence-electron chi connectivity index (χ1n) is 6.58. The fourth-order valence-electron chi connectivity index (χ4n) is 2.16. The fraction of sp³-hybridized carbons (Fsp3) is 0.214. The van der Waals surface area contributed by atoms with Gasteiger partial charge in [0.1, 0.15) is 0 Å². The number of benzene rings is 1. The van der Waals surface area contributed by atoms with Crippen molar-refractivity contribution in [3.63, 3.8) is 0 Å². The van der Waals surface area contributed by atoms with E-state index in [0.717, 1.165) is 24.3 Å². The monoisotopic (exact) mass is 268 g/mol. The Labute approximate surface area is 116 Å². The quantitative estimate of drug-likeness (QED) is 0.745. The lowest BCUT2D eigenvalue weighted by molar-refractivity contribution is 0.724. The maximum absolute atomic E-state index is 3.99. The summed E-state index contributed by atoms with van der Waals surface area (Å²) < 4.78 is 2.22. The Balaban J connectivity index is 1.74. The summed E-state index contributed by atoms with van der Waals surface area (Å²) in [6.45, 7) is 3.91. The van der Waals surface area contributed by atoms with E-state index in [1.165, 1.54) is 5.69 Å². The van der Waals surface area contributed by atoms with E-state index in [9.17, 15) is 0 Å². The maximum Gasteiger partial charge on any atom is 0.204 e. The van der Waals surface area contributed by atoms with Crippen molar-refractivity contribution >= 4 is 5.69 Å². The molecule has 3 aromatic rings. The smallest absolute Gasteiger partial charge is 0.204 e. The van der Waals surface area contributed by atoms with Gasteiger partial charge in [-0.05, 0) is 36.4 Å². The predicted molar refractivity (Wildman–Crippen MR) is 77.0 cm³/mol. The van der Waals surface area contributed by atoms with E-state index in [2.05, 4.69) is 55.8 Å². The molecule has 0 radical (unpaired) electrons. The Hall–Kier alpha value is -2.63. The van der Waals surface area contributed by atoms with Crippen LogP contribution in [0.5, 0.6) is 0 Å². The number of rotatable bonds is 5. The molecule has 0 bridgehead atoms. The second-order valence-electron chi connectivity index (χ2n) is 4.46. The molecule has 0 aliphatic carbocycles. The van der Waals surface area contributed by atoms with Gasteiger partial charge in [0.05, 0.1) is 6.54 Å². The molecule has 1 aromatic carbocycles. The molecule has 0 amide bonds. The number of aryl methyl sites for hydroxylation is 1. The van der Waals surface area contributed by atoms with Crippen LogP contribution in [0.2, 0.25) is 0 Å². The maximum atomic E-state index is 3.99. The van der Waals surface area contributed by atoms with Gasteiger partial charge < -0.3 is 9.88 Å². The third-order valence-electron chi connectivity index (χ3n) is 3.20. The molecule has 2 N–H and O–H groups in total. The summed E-state index contributed by atoms with van der Waals surface area (Å²) in [5, 5.41) is 17.4. The number of hydrogen-bond acceptors (Lipinski definition) is 4. The summed E-state index contributed by atoms with van der Waals surface area (Å²) in [6, 6.07) is 12.2. The summed E-state index contributed by atoms with van der Waals surface area (Å²) in [7, 11) is 0. The molecular formula is C14H16N6. The van der Waals surface area contributed by atoms with E-state index in [-0.39, 0.29) is 0 Å². The molecule has 6 heteroatoms. The predicted octanol–water partition coefficient (Wildman–Crippen LogP) is 2.30. The van der Waals surface area contributed by atoms with Crippen molar-refractivity contribution in [2.24, 2.45) is 0 Å². The summed E-state index contributed by atoms with van der Waals surface area (Å²) in [5.41, 5.74) is 3.24. The van der Waals surface area contributed by atoms with Crippen molar-refractivity contribution in [1.82, 2.24) is 25.2 Å². The molecule has 2 heterocycles. The zero-order chi connectivity index (χ0) is 13.8. The van der Waals surface area contributed by atoms with E-state index in [0.29, 0.717) is 5.82 Å². The minimum Gasteiger partial charge on any atom is -0.379 e. The average molecular weight is 268 g/mol. The minimum atomic E-state index is 0.602. The molecule has 0 spiro atoms. The number of hydrogen-bond donors (Lipinski definition) is 2. The average Bonchev–Trinajstić information content (AvgIpc) is 3.16. The lowest BCUT2D eigenvalue weighted by atomic mass is 10.2. The molecule has 0 fully saturated rings. The number of aromatic amines is 1. The highest BCUT2D eigenvalue weighted by atomic mass is 15.5. The second-order valence-corrected chi connectivity index (χ2v) is 4.46. The van der Waals surface area contributed by atoms with Crippen LogP contribution in [0.25, 0.3) is 11.4 Å². The Morgan fingerprint density at radius 1 is 1.25 bits per heavy atom. The van der Waals surface area contributed by atoms with Gasteiger partial charge in [-0.25, -0.2) is 0 Å². The van der Waals surface area contributed by atoms with Crippen LogP contribution in [0.15, 0.2) is 42.6 Å². The van der Waals surface area contributed by atoms with Crippen molar-refractivity contribution < 1.29 is 0 Å². The van der Waals surface area contributed by atoms with Crippen LogP contribution in [0.4, 0.5) is 5.69 Å². The van der Waals surface area contributed by atoms with Crippen LogP contribution >= 0.6 is 0 Å². The topological polar surface area (TPSA) is 71.4 Å². The van der Waals surface area contributed by atoms with Crippen LogP contribution in [0.3, 0.4) is 0 Å². The lowest BCUT2D eigenvalue weighted by Gasteiger charge is -2.09. The van der Waals surface area contributed by atoms with E-state index in [4.69, 9.17) is 0 Å². The van der Waals surface area contributed by atoms with Crippen molar-refractivity contribution in [2.75, 3.05) is 5.32 Å². The molecule has 0 aliphatic heterocycles. The second kappa shape index (κ2) is 5.56. The van der Waals surface area contributed by atoms with E-state index < -0.39 is 0 Å². The fourth-order valence-corrected chi connectivity index (χ4v) is 2.16. The molecule has 102 valence electrons. The number of tetrazole rings is 1. The lowest BCUT2D eigenvalue weighted by Crippen LogP contribution is -2.05. The van der Waals surface area contributed by atoms with Gasteiger partial charge in [0.25, 0.3) is 0 Å². The van der Waals surface area contributed by atoms with Gasteiger partial charge in [-0.15, -0.1) is 10.2 Å². The molecule has 6 nitrogen and oxygen atoms in total. The standard InChI is InChI=1S/C14H16N6/c1-2-20-8-4-7-13(20)10-15-12-6-3-5-11(9-12)14-16-18-19-17-14/h3-9,15H,2,10H2,1H3,(H,16,17,18,19). The first kappa shape index (κ1) is 12.4. The van der Waals surface area contributed by atoms with Crippen LogP contribution in [-0.4, -0.2) is 25.2 Å². The summed E-state index contributed by atoms with van der Waals surface area (Å²) in [6.07, 6.45) is 2.09. The SMILES string of the molecule is CCn1cccc1CNc1cccc(-c2nn[nH]n2)c1. The highest BCUT2D eigenvalue weighted by molar-refractivity contribution is 5.61. The molecule has 0 atom stereocenters. The van der Waals surface area contributed by atoms with Crippen LogP contribution in [0, 0.1) is 0 Å². The summed E-state index contributed by atoms with van der Waals surface area (Å²) >= 11 is 0. The summed E-state index contributed by atoms with van der Waals surface area (Å²) in [5.74, 6) is 0.602. The summed E-state index contributed by atoms with van der Waals surface area (Å²) in [4.78, 5) is 0. The Morgan fingerprint density at radius 2 is 2.20 bits per heavy atom. The molecule has 20 heavy (non-hydrogen) atoms. The molecule has 2 aromatic heterocycles. The molecule has 0 saturated heterocycles. The van der Waals surface area contributed by atoms with Gasteiger partial charge in [-0.1, -0.05) is 12.1 Å². The van der Waals surface area contributed by atoms with E-state index >= 15 is 0 Å². The van der Waals surface area contributed by atoms with Crippen LogP contribution < -0.4 is 5.32 Å². The molecule has 0 aliphatic rings. The Bertz CT molecular complexity index is 671. The van der Waals surface area contributed by atoms with Crippen LogP contribution in [0.1, 0.15) is 12.6 Å². The number of H-pyrrole nitrogens is 1. The molecule has 3 rings (SSSR count). The van der Waals surface area contributed by atoms with Crippen molar-refractivity contribution in [2.45, 2.75) is 20.0 Å². The highest BCUT2D eigenvalue weighted by Gasteiger charge is 2.04. The van der Waals surface area contributed by atoms with Gasteiger partial charge in [0, 0.05) is 29.7 Å². The Kier molecular flexibility index (Phi) is 3.45. The first-order chi connectivity index (χ1) is 9.86. The molecular weight excluding hydrogens is 252 g/mol. The molecule has 0 unspecified atom stereocenters. The van der Waals surface area contributed by atoms with Gasteiger partial charge >= 0.3 is 0 Å². The third-order valence-corrected chi connectivity index (χ3v) is 3.20. The number of nitrogens with zero attached hydrogens (tertiary/aromatic N) is 4. The normalized spacial score (nSPS) is 10.7. The van der Waals surface area contributed by atoms with Crippen molar-refractivity contribution in [3.05, 3.63) is 48.3 Å². The van der Waals surface area contributed by atoms with Crippen molar-refractivity contribution in [3.8, 4) is 11.4 Å². The number of nitrogens with one attached hydrogen (secondary N) is 2. The number of aromatic nitrogens is 5. The van der Waals surface area contributed by atoms with Gasteiger partial charge in [-0.2, -0.15) is 5.21 Å². The van der Waals surface area contributed by atoms with Crippen molar-refractivity contribution in [1.29, 1.82) is 0 Å². The first-order valence-corrected chi connectivity index (χ1v) is 6.58. The van der Waals surface area contributed by atoms with Crippen LogP contribution in [-0.2, 0) is 13.1 Å². The minimum absolute atomic E-state index is 0.602. The van der Waals surface area contributed by atoms with E-state index in [1.54, 1.807) is 0 Å². The third kappa shape index (κ3) is 2.54.